The predicted molar refractivity (Wildman–Crippen MR) is 68.5 cm³/mol. The SMILES string of the molecule is CCCNCCNC(=O)c1ccc(F)cc1OC(F)F. The third-order valence-corrected chi connectivity index (χ3v) is 2.42. The van der Waals surface area contributed by atoms with Crippen LogP contribution >= 0.6 is 0 Å². The zero-order chi connectivity index (χ0) is 15.0. The van der Waals surface area contributed by atoms with Crippen molar-refractivity contribution in [3.8, 4) is 5.75 Å². The maximum atomic E-state index is 13.0. The lowest BCUT2D eigenvalue weighted by molar-refractivity contribution is -0.0503. The van der Waals surface area contributed by atoms with Crippen molar-refractivity contribution >= 4 is 5.91 Å². The largest absolute Gasteiger partial charge is 0.434 e. The molecule has 2 N–H and O–H groups in total. The molecule has 112 valence electrons. The Balaban J connectivity index is 2.62. The van der Waals surface area contributed by atoms with E-state index < -0.39 is 24.1 Å². The van der Waals surface area contributed by atoms with Gasteiger partial charge in [-0.15, -0.1) is 0 Å². The van der Waals surface area contributed by atoms with Gasteiger partial charge >= 0.3 is 6.61 Å². The van der Waals surface area contributed by atoms with Crippen molar-refractivity contribution in [2.45, 2.75) is 20.0 Å². The number of ether oxygens (including phenoxy) is 1. The van der Waals surface area contributed by atoms with E-state index in [4.69, 9.17) is 0 Å². The first-order valence-electron chi connectivity index (χ1n) is 6.28. The van der Waals surface area contributed by atoms with Gasteiger partial charge in [0.1, 0.15) is 11.6 Å². The van der Waals surface area contributed by atoms with Crippen LogP contribution < -0.4 is 15.4 Å². The first-order chi connectivity index (χ1) is 9.54. The number of alkyl halides is 2. The summed E-state index contributed by atoms with van der Waals surface area (Å²) in [6.45, 7) is 0.620. The summed E-state index contributed by atoms with van der Waals surface area (Å²) in [7, 11) is 0. The minimum Gasteiger partial charge on any atom is -0.434 e. The van der Waals surface area contributed by atoms with E-state index >= 15 is 0 Å². The number of carbonyl (C=O) groups excluding carboxylic acids is 1. The van der Waals surface area contributed by atoms with E-state index in [2.05, 4.69) is 15.4 Å². The van der Waals surface area contributed by atoms with Crippen LogP contribution in [0.4, 0.5) is 13.2 Å². The highest BCUT2D eigenvalue weighted by molar-refractivity contribution is 5.96. The fraction of sp³-hybridized carbons (Fsp3) is 0.462. The lowest BCUT2D eigenvalue weighted by Crippen LogP contribution is -2.32. The molecule has 0 aliphatic carbocycles. The lowest BCUT2D eigenvalue weighted by atomic mass is 10.2. The third kappa shape index (κ3) is 5.48. The standard InChI is InChI=1S/C13H17F3N2O2/c1-2-5-17-6-7-18-12(19)10-4-3-9(14)8-11(10)20-13(15)16/h3-4,8,13,17H,2,5-7H2,1H3,(H,18,19). The van der Waals surface area contributed by atoms with Crippen LogP contribution in [0.1, 0.15) is 23.7 Å². The molecule has 0 atom stereocenters. The Hall–Kier alpha value is -1.76. The molecule has 0 saturated heterocycles. The second-order valence-electron chi connectivity index (χ2n) is 4.02. The minimum atomic E-state index is -3.12. The van der Waals surface area contributed by atoms with E-state index in [1.54, 1.807) is 0 Å². The molecular weight excluding hydrogens is 273 g/mol. The molecule has 0 unspecified atom stereocenters. The first-order valence-corrected chi connectivity index (χ1v) is 6.28. The Morgan fingerprint density at radius 3 is 2.70 bits per heavy atom. The van der Waals surface area contributed by atoms with E-state index in [0.717, 1.165) is 31.2 Å². The van der Waals surface area contributed by atoms with Crippen molar-refractivity contribution in [1.82, 2.24) is 10.6 Å². The number of halogens is 3. The molecule has 0 saturated carbocycles. The summed E-state index contributed by atoms with van der Waals surface area (Å²) in [6.07, 6.45) is 0.971. The van der Waals surface area contributed by atoms with Gasteiger partial charge in [-0.1, -0.05) is 6.92 Å². The highest BCUT2D eigenvalue weighted by Crippen LogP contribution is 2.21. The summed E-state index contributed by atoms with van der Waals surface area (Å²) < 4.78 is 41.5. The molecule has 0 fully saturated rings. The van der Waals surface area contributed by atoms with Gasteiger partial charge in [0.25, 0.3) is 5.91 Å². The summed E-state index contributed by atoms with van der Waals surface area (Å²) in [6, 6.07) is 2.89. The molecule has 0 aliphatic heterocycles. The Morgan fingerprint density at radius 2 is 2.05 bits per heavy atom. The van der Waals surface area contributed by atoms with Gasteiger partial charge in [0.2, 0.25) is 0 Å². The van der Waals surface area contributed by atoms with Gasteiger partial charge in [-0.25, -0.2) is 4.39 Å². The number of amides is 1. The van der Waals surface area contributed by atoms with Gasteiger partial charge in [-0.05, 0) is 25.1 Å². The molecule has 20 heavy (non-hydrogen) atoms. The fourth-order valence-corrected chi connectivity index (χ4v) is 1.54. The topological polar surface area (TPSA) is 50.4 Å². The average Bonchev–Trinajstić information content (AvgIpc) is 2.37. The van der Waals surface area contributed by atoms with Crippen LogP contribution in [0.3, 0.4) is 0 Å². The molecule has 0 aliphatic rings. The van der Waals surface area contributed by atoms with Crippen molar-refractivity contribution in [3.63, 3.8) is 0 Å². The predicted octanol–water partition coefficient (Wildman–Crippen LogP) is 2.16. The van der Waals surface area contributed by atoms with Crippen LogP contribution in [0.15, 0.2) is 18.2 Å². The van der Waals surface area contributed by atoms with E-state index in [-0.39, 0.29) is 5.56 Å². The van der Waals surface area contributed by atoms with Crippen LogP contribution in [0.2, 0.25) is 0 Å². The second kappa shape index (κ2) is 8.42. The molecule has 4 nitrogen and oxygen atoms in total. The van der Waals surface area contributed by atoms with Gasteiger partial charge in [0.05, 0.1) is 5.56 Å². The van der Waals surface area contributed by atoms with Crippen molar-refractivity contribution in [3.05, 3.63) is 29.6 Å². The Labute approximate surface area is 115 Å². The number of nitrogens with one attached hydrogen (secondary N) is 2. The van der Waals surface area contributed by atoms with Gasteiger partial charge in [-0.2, -0.15) is 8.78 Å². The molecule has 0 aromatic heterocycles. The quantitative estimate of drug-likeness (QED) is 0.721. The summed E-state index contributed by atoms with van der Waals surface area (Å²) in [5.41, 5.74) is -0.123. The van der Waals surface area contributed by atoms with Crippen LogP contribution in [0.5, 0.6) is 5.75 Å². The molecule has 1 aromatic rings. The van der Waals surface area contributed by atoms with Gasteiger partial charge in [-0.3, -0.25) is 4.79 Å². The van der Waals surface area contributed by atoms with Gasteiger partial charge < -0.3 is 15.4 Å². The van der Waals surface area contributed by atoms with Crippen molar-refractivity contribution in [1.29, 1.82) is 0 Å². The van der Waals surface area contributed by atoms with E-state index in [1.165, 1.54) is 0 Å². The second-order valence-corrected chi connectivity index (χ2v) is 4.02. The molecule has 0 spiro atoms. The molecule has 0 radical (unpaired) electrons. The summed E-state index contributed by atoms with van der Waals surface area (Å²) in [5, 5.41) is 5.61. The zero-order valence-electron chi connectivity index (χ0n) is 11.1. The van der Waals surface area contributed by atoms with Crippen molar-refractivity contribution in [2.24, 2.45) is 0 Å². The van der Waals surface area contributed by atoms with Crippen LogP contribution in [0, 0.1) is 5.82 Å². The molecular formula is C13H17F3N2O2. The zero-order valence-corrected chi connectivity index (χ0v) is 11.1. The molecule has 7 heteroatoms. The summed E-state index contributed by atoms with van der Waals surface area (Å²) in [4.78, 5) is 11.8. The molecule has 1 aromatic carbocycles. The number of benzene rings is 1. The maximum absolute atomic E-state index is 13.0. The fourth-order valence-electron chi connectivity index (χ4n) is 1.54. The molecule has 1 rings (SSSR count). The minimum absolute atomic E-state index is 0.123. The monoisotopic (exact) mass is 290 g/mol. The van der Waals surface area contributed by atoms with E-state index in [9.17, 15) is 18.0 Å². The normalized spacial score (nSPS) is 10.7. The summed E-state index contributed by atoms with van der Waals surface area (Å²) >= 11 is 0. The molecule has 0 bridgehead atoms. The van der Waals surface area contributed by atoms with E-state index in [1.807, 2.05) is 6.92 Å². The number of hydrogen-bond donors (Lipinski definition) is 2. The molecule has 0 heterocycles. The Bertz CT molecular complexity index is 442. The highest BCUT2D eigenvalue weighted by Gasteiger charge is 2.16. The highest BCUT2D eigenvalue weighted by atomic mass is 19.3. The molecule has 1 amide bonds. The maximum Gasteiger partial charge on any atom is 0.387 e. The number of carbonyl (C=O) groups is 1. The van der Waals surface area contributed by atoms with Crippen LogP contribution in [-0.4, -0.2) is 32.2 Å². The third-order valence-electron chi connectivity index (χ3n) is 2.42. The van der Waals surface area contributed by atoms with Gasteiger partial charge in [0, 0.05) is 19.2 Å². The van der Waals surface area contributed by atoms with Crippen molar-refractivity contribution in [2.75, 3.05) is 19.6 Å². The number of hydrogen-bond acceptors (Lipinski definition) is 3. The lowest BCUT2D eigenvalue weighted by Gasteiger charge is -2.11. The smallest absolute Gasteiger partial charge is 0.387 e. The van der Waals surface area contributed by atoms with Crippen LogP contribution in [0.25, 0.3) is 0 Å². The van der Waals surface area contributed by atoms with Gasteiger partial charge in [0.15, 0.2) is 0 Å². The first kappa shape index (κ1) is 16.3. The van der Waals surface area contributed by atoms with Crippen molar-refractivity contribution < 1.29 is 22.7 Å². The van der Waals surface area contributed by atoms with E-state index in [0.29, 0.717) is 13.1 Å². The summed E-state index contributed by atoms with van der Waals surface area (Å²) in [5.74, 6) is -1.81. The average molecular weight is 290 g/mol. The van der Waals surface area contributed by atoms with Crippen LogP contribution in [-0.2, 0) is 0 Å². The number of rotatable bonds is 8. The Morgan fingerprint density at radius 1 is 1.30 bits per heavy atom. The Kier molecular flexibility index (Phi) is 6.86.